The maximum Gasteiger partial charge on any atom is 0.307 e. The van der Waals surface area contributed by atoms with Crippen LogP contribution >= 0.6 is 0 Å². The number of rotatable bonds is 8. The van der Waals surface area contributed by atoms with Crippen molar-refractivity contribution in [1.29, 1.82) is 0 Å². The van der Waals surface area contributed by atoms with Gasteiger partial charge in [0, 0.05) is 13.1 Å². The van der Waals surface area contributed by atoms with Gasteiger partial charge in [0.05, 0.1) is 19.6 Å². The molecule has 4 heteroatoms. The summed E-state index contributed by atoms with van der Waals surface area (Å²) in [5.74, 6) is 2.19. The molecule has 1 aromatic carbocycles. The van der Waals surface area contributed by atoms with Crippen molar-refractivity contribution in [2.24, 2.45) is 5.92 Å². The lowest BCUT2D eigenvalue weighted by molar-refractivity contribution is -0.141. The van der Waals surface area contributed by atoms with Gasteiger partial charge in [-0.15, -0.1) is 6.42 Å². The number of hydrogen-bond acceptors (Lipinski definition) is 3. The van der Waals surface area contributed by atoms with Crippen molar-refractivity contribution in [1.82, 2.24) is 4.90 Å². The van der Waals surface area contributed by atoms with Gasteiger partial charge in [-0.3, -0.25) is 9.69 Å². The molecule has 1 unspecified atom stereocenters. The number of benzene rings is 1. The minimum atomic E-state index is -0.795. The van der Waals surface area contributed by atoms with Crippen LogP contribution in [0.15, 0.2) is 24.3 Å². The molecular formula is C16H21NO3. The van der Waals surface area contributed by atoms with Crippen LogP contribution in [0.2, 0.25) is 0 Å². The highest BCUT2D eigenvalue weighted by Gasteiger charge is 2.15. The minimum Gasteiger partial charge on any atom is -0.497 e. The van der Waals surface area contributed by atoms with Crippen molar-refractivity contribution in [3.8, 4) is 18.1 Å². The topological polar surface area (TPSA) is 49.8 Å². The molecule has 108 valence electrons. The zero-order valence-electron chi connectivity index (χ0n) is 12.0. The molecule has 0 aliphatic rings. The summed E-state index contributed by atoms with van der Waals surface area (Å²) >= 11 is 0. The van der Waals surface area contributed by atoms with Gasteiger partial charge in [0.15, 0.2) is 0 Å². The molecule has 20 heavy (non-hydrogen) atoms. The van der Waals surface area contributed by atoms with E-state index in [0.717, 1.165) is 18.7 Å². The molecule has 0 spiro atoms. The molecule has 1 N–H and O–H groups in total. The van der Waals surface area contributed by atoms with E-state index in [1.54, 1.807) is 14.0 Å². The molecule has 0 amide bonds. The van der Waals surface area contributed by atoms with Crippen molar-refractivity contribution >= 4 is 5.97 Å². The number of aliphatic carboxylic acids is 1. The Balaban J connectivity index is 2.53. The van der Waals surface area contributed by atoms with Crippen LogP contribution in [0, 0.1) is 18.3 Å². The predicted octanol–water partition coefficient (Wildman–Crippen LogP) is 1.89. The van der Waals surface area contributed by atoms with Crippen LogP contribution in [-0.2, 0) is 11.2 Å². The monoisotopic (exact) mass is 275 g/mol. The Kier molecular flexibility index (Phi) is 6.61. The summed E-state index contributed by atoms with van der Waals surface area (Å²) in [7, 11) is 1.64. The number of methoxy groups -OCH3 is 1. The van der Waals surface area contributed by atoms with E-state index in [1.165, 1.54) is 5.56 Å². The van der Waals surface area contributed by atoms with E-state index in [0.29, 0.717) is 13.1 Å². The molecule has 0 aromatic heterocycles. The first-order chi connectivity index (χ1) is 9.56. The molecule has 0 aliphatic heterocycles. The van der Waals surface area contributed by atoms with Crippen LogP contribution in [0.3, 0.4) is 0 Å². The Hall–Kier alpha value is -1.99. The Labute approximate surface area is 120 Å². The number of terminal acetylenes is 1. The molecule has 0 aliphatic carbocycles. The van der Waals surface area contributed by atoms with Gasteiger partial charge < -0.3 is 9.84 Å². The highest BCUT2D eigenvalue weighted by Crippen LogP contribution is 2.12. The van der Waals surface area contributed by atoms with E-state index >= 15 is 0 Å². The van der Waals surface area contributed by atoms with Gasteiger partial charge in [-0.25, -0.2) is 0 Å². The van der Waals surface area contributed by atoms with Crippen LogP contribution in [0.4, 0.5) is 0 Å². The van der Waals surface area contributed by atoms with E-state index in [9.17, 15) is 4.79 Å². The van der Waals surface area contributed by atoms with Crippen molar-refractivity contribution in [3.63, 3.8) is 0 Å². The summed E-state index contributed by atoms with van der Waals surface area (Å²) in [6.45, 7) is 3.37. The fourth-order valence-corrected chi connectivity index (χ4v) is 1.91. The molecule has 0 bridgehead atoms. The Bertz CT molecular complexity index is 462. The quantitative estimate of drug-likeness (QED) is 0.736. The second kappa shape index (κ2) is 8.23. The average molecular weight is 275 g/mol. The molecule has 0 radical (unpaired) electrons. The maximum atomic E-state index is 10.9. The second-order valence-electron chi connectivity index (χ2n) is 4.78. The molecule has 0 saturated carbocycles. The number of carboxylic acids is 1. The summed E-state index contributed by atoms with van der Waals surface area (Å²) in [4.78, 5) is 12.9. The average Bonchev–Trinajstić information content (AvgIpc) is 2.45. The first-order valence-corrected chi connectivity index (χ1v) is 6.58. The Morgan fingerprint density at radius 1 is 1.45 bits per heavy atom. The lowest BCUT2D eigenvalue weighted by Gasteiger charge is -2.21. The Morgan fingerprint density at radius 2 is 2.10 bits per heavy atom. The lowest BCUT2D eigenvalue weighted by Crippen LogP contribution is -2.33. The smallest absolute Gasteiger partial charge is 0.307 e. The molecule has 0 saturated heterocycles. The van der Waals surface area contributed by atoms with Crippen molar-refractivity contribution in [2.75, 3.05) is 26.7 Å². The molecule has 4 nitrogen and oxygen atoms in total. The Morgan fingerprint density at radius 3 is 2.60 bits per heavy atom. The first kappa shape index (κ1) is 16.1. The number of hydrogen-bond donors (Lipinski definition) is 1. The summed E-state index contributed by atoms with van der Waals surface area (Å²) in [6, 6.07) is 7.85. The summed E-state index contributed by atoms with van der Waals surface area (Å²) < 4.78 is 5.11. The van der Waals surface area contributed by atoms with Gasteiger partial charge in [-0.2, -0.15) is 0 Å². The number of nitrogens with zero attached hydrogens (tertiary/aromatic N) is 1. The van der Waals surface area contributed by atoms with E-state index in [4.69, 9.17) is 16.3 Å². The normalized spacial score (nSPS) is 11.9. The summed E-state index contributed by atoms with van der Waals surface area (Å²) in [5, 5.41) is 8.95. The summed E-state index contributed by atoms with van der Waals surface area (Å²) in [6.07, 6.45) is 6.16. The molecule has 0 fully saturated rings. The van der Waals surface area contributed by atoms with E-state index in [1.807, 2.05) is 29.2 Å². The standard InChI is InChI=1S/C16H21NO3/c1-4-10-17(12-13(2)16(18)19)11-9-14-5-7-15(20-3)8-6-14/h1,5-8,13H,9-12H2,2-3H3,(H,18,19). The predicted molar refractivity (Wildman–Crippen MR) is 78.8 cm³/mol. The number of carboxylic acid groups (broad SMARTS) is 1. The zero-order chi connectivity index (χ0) is 15.0. The van der Waals surface area contributed by atoms with Crippen LogP contribution in [-0.4, -0.2) is 42.7 Å². The van der Waals surface area contributed by atoms with Crippen LogP contribution in [0.1, 0.15) is 12.5 Å². The van der Waals surface area contributed by atoms with Gasteiger partial charge in [0.25, 0.3) is 0 Å². The van der Waals surface area contributed by atoms with E-state index in [-0.39, 0.29) is 0 Å². The molecule has 1 atom stereocenters. The van der Waals surface area contributed by atoms with Crippen LogP contribution in [0.25, 0.3) is 0 Å². The molecule has 1 rings (SSSR count). The SMILES string of the molecule is C#CCN(CCc1ccc(OC)cc1)CC(C)C(=O)O. The highest BCUT2D eigenvalue weighted by molar-refractivity contribution is 5.69. The lowest BCUT2D eigenvalue weighted by atomic mass is 10.1. The third-order valence-corrected chi connectivity index (χ3v) is 3.14. The number of carbonyl (C=O) groups is 1. The van der Waals surface area contributed by atoms with Crippen LogP contribution < -0.4 is 4.74 Å². The molecule has 1 aromatic rings. The third kappa shape index (κ3) is 5.33. The van der Waals surface area contributed by atoms with E-state index in [2.05, 4.69) is 5.92 Å². The van der Waals surface area contributed by atoms with Gasteiger partial charge in [0.2, 0.25) is 0 Å². The van der Waals surface area contributed by atoms with Gasteiger partial charge in [-0.1, -0.05) is 25.0 Å². The second-order valence-corrected chi connectivity index (χ2v) is 4.78. The maximum absolute atomic E-state index is 10.9. The molecular weight excluding hydrogens is 254 g/mol. The number of ether oxygens (including phenoxy) is 1. The fourth-order valence-electron chi connectivity index (χ4n) is 1.91. The van der Waals surface area contributed by atoms with E-state index < -0.39 is 11.9 Å². The van der Waals surface area contributed by atoms with Crippen molar-refractivity contribution < 1.29 is 14.6 Å². The van der Waals surface area contributed by atoms with Crippen LogP contribution in [0.5, 0.6) is 5.75 Å². The molecule has 0 heterocycles. The summed E-state index contributed by atoms with van der Waals surface area (Å²) in [5.41, 5.74) is 1.18. The van der Waals surface area contributed by atoms with Crippen molar-refractivity contribution in [2.45, 2.75) is 13.3 Å². The highest BCUT2D eigenvalue weighted by atomic mass is 16.5. The van der Waals surface area contributed by atoms with Gasteiger partial charge in [0.1, 0.15) is 5.75 Å². The minimum absolute atomic E-state index is 0.417. The van der Waals surface area contributed by atoms with Gasteiger partial charge in [-0.05, 0) is 24.1 Å². The van der Waals surface area contributed by atoms with Crippen molar-refractivity contribution in [3.05, 3.63) is 29.8 Å². The fraction of sp³-hybridized carbons (Fsp3) is 0.438. The zero-order valence-corrected chi connectivity index (χ0v) is 12.0. The largest absolute Gasteiger partial charge is 0.497 e. The third-order valence-electron chi connectivity index (χ3n) is 3.14. The first-order valence-electron chi connectivity index (χ1n) is 6.58. The van der Waals surface area contributed by atoms with Gasteiger partial charge >= 0.3 is 5.97 Å².